The van der Waals surface area contributed by atoms with Gasteiger partial charge < -0.3 is 20.1 Å². The Morgan fingerprint density at radius 3 is 2.64 bits per heavy atom. The highest BCUT2D eigenvalue weighted by Crippen LogP contribution is 2.21. The standard InChI is InChI=1S/C21H30N2O5/c1-21(2,20(26)27)11-12-22-19(25)16-7-6-13-23(15-16)18(24)10-14-28-17-8-4-3-5-9-17/h3-5,8-9,16H,6-7,10-15H2,1-2H3,(H,22,25)(H,26,27). The molecule has 1 saturated heterocycles. The van der Waals surface area contributed by atoms with E-state index in [2.05, 4.69) is 5.32 Å². The largest absolute Gasteiger partial charge is 0.493 e. The Labute approximate surface area is 166 Å². The monoisotopic (exact) mass is 390 g/mol. The first-order chi connectivity index (χ1) is 13.3. The Balaban J connectivity index is 1.73. The number of aliphatic carboxylic acids is 1. The van der Waals surface area contributed by atoms with Crippen molar-refractivity contribution < 1.29 is 24.2 Å². The maximum Gasteiger partial charge on any atom is 0.309 e. The second-order valence-corrected chi connectivity index (χ2v) is 7.82. The minimum Gasteiger partial charge on any atom is -0.493 e. The molecule has 2 amide bonds. The highest BCUT2D eigenvalue weighted by Gasteiger charge is 2.30. The highest BCUT2D eigenvalue weighted by atomic mass is 16.5. The molecular weight excluding hydrogens is 360 g/mol. The number of carboxylic acids is 1. The average molecular weight is 390 g/mol. The van der Waals surface area contributed by atoms with Crippen LogP contribution in [-0.2, 0) is 14.4 Å². The number of carbonyl (C=O) groups excluding carboxylic acids is 2. The predicted octanol–water partition coefficient (Wildman–Crippen LogP) is 2.31. The summed E-state index contributed by atoms with van der Waals surface area (Å²) >= 11 is 0. The minimum absolute atomic E-state index is 0.0135. The summed E-state index contributed by atoms with van der Waals surface area (Å²) in [4.78, 5) is 37.7. The molecule has 28 heavy (non-hydrogen) atoms. The van der Waals surface area contributed by atoms with Gasteiger partial charge in [0.25, 0.3) is 0 Å². The van der Waals surface area contributed by atoms with E-state index in [0.29, 0.717) is 32.7 Å². The molecule has 1 atom stereocenters. The van der Waals surface area contributed by atoms with Crippen LogP contribution < -0.4 is 10.1 Å². The maximum absolute atomic E-state index is 12.4. The van der Waals surface area contributed by atoms with Gasteiger partial charge >= 0.3 is 5.97 Å². The van der Waals surface area contributed by atoms with Crippen molar-refractivity contribution in [3.8, 4) is 5.75 Å². The zero-order valence-electron chi connectivity index (χ0n) is 16.6. The predicted molar refractivity (Wildman–Crippen MR) is 105 cm³/mol. The van der Waals surface area contributed by atoms with Crippen molar-refractivity contribution in [2.45, 2.75) is 39.5 Å². The van der Waals surface area contributed by atoms with Crippen molar-refractivity contribution in [1.29, 1.82) is 0 Å². The van der Waals surface area contributed by atoms with E-state index in [1.54, 1.807) is 18.7 Å². The van der Waals surface area contributed by atoms with E-state index < -0.39 is 11.4 Å². The Morgan fingerprint density at radius 1 is 1.25 bits per heavy atom. The number of hydrogen-bond donors (Lipinski definition) is 2. The van der Waals surface area contributed by atoms with Crippen molar-refractivity contribution in [3.63, 3.8) is 0 Å². The van der Waals surface area contributed by atoms with E-state index in [9.17, 15) is 14.4 Å². The van der Waals surface area contributed by atoms with Gasteiger partial charge in [0.1, 0.15) is 5.75 Å². The van der Waals surface area contributed by atoms with Crippen LogP contribution in [0.5, 0.6) is 5.75 Å². The Kier molecular flexibility index (Phi) is 7.84. The number of rotatable bonds is 9. The van der Waals surface area contributed by atoms with E-state index in [0.717, 1.165) is 18.6 Å². The number of nitrogens with zero attached hydrogens (tertiary/aromatic N) is 1. The number of nitrogens with one attached hydrogen (secondary N) is 1. The molecule has 0 radical (unpaired) electrons. The van der Waals surface area contributed by atoms with E-state index in [-0.39, 0.29) is 24.2 Å². The molecule has 1 aromatic rings. The van der Waals surface area contributed by atoms with Crippen molar-refractivity contribution in [3.05, 3.63) is 30.3 Å². The van der Waals surface area contributed by atoms with Crippen LogP contribution >= 0.6 is 0 Å². The molecule has 0 aromatic heterocycles. The quantitative estimate of drug-likeness (QED) is 0.675. The van der Waals surface area contributed by atoms with E-state index in [1.165, 1.54) is 0 Å². The summed E-state index contributed by atoms with van der Waals surface area (Å²) in [5.74, 6) is -0.523. The molecule has 1 aliphatic rings. The van der Waals surface area contributed by atoms with Gasteiger partial charge in [-0.15, -0.1) is 0 Å². The third kappa shape index (κ3) is 6.55. The zero-order chi connectivity index (χ0) is 20.6. The molecule has 2 rings (SSSR count). The Bertz CT molecular complexity index is 675. The Hall–Kier alpha value is -2.57. The van der Waals surface area contributed by atoms with Crippen LogP contribution in [0.1, 0.15) is 39.5 Å². The molecule has 1 heterocycles. The molecule has 0 spiro atoms. The van der Waals surface area contributed by atoms with E-state index >= 15 is 0 Å². The summed E-state index contributed by atoms with van der Waals surface area (Å²) in [6.07, 6.45) is 2.15. The summed E-state index contributed by atoms with van der Waals surface area (Å²) in [6, 6.07) is 9.35. The Morgan fingerprint density at radius 2 is 1.96 bits per heavy atom. The van der Waals surface area contributed by atoms with Gasteiger partial charge in [0.15, 0.2) is 0 Å². The summed E-state index contributed by atoms with van der Waals surface area (Å²) in [5, 5.41) is 12.0. The van der Waals surface area contributed by atoms with Crippen molar-refractivity contribution in [2.75, 3.05) is 26.2 Å². The van der Waals surface area contributed by atoms with Crippen LogP contribution in [0.15, 0.2) is 30.3 Å². The van der Waals surface area contributed by atoms with Gasteiger partial charge in [-0.3, -0.25) is 14.4 Å². The molecular formula is C21H30N2O5. The number of piperidine rings is 1. The number of hydrogen-bond acceptors (Lipinski definition) is 4. The molecule has 7 heteroatoms. The van der Waals surface area contributed by atoms with Crippen LogP contribution in [0, 0.1) is 11.3 Å². The maximum atomic E-state index is 12.4. The molecule has 0 saturated carbocycles. The summed E-state index contributed by atoms with van der Waals surface area (Å²) in [6.45, 7) is 4.95. The van der Waals surface area contributed by atoms with E-state index in [4.69, 9.17) is 9.84 Å². The average Bonchev–Trinajstić information content (AvgIpc) is 2.68. The number of carbonyl (C=O) groups is 3. The first-order valence-electron chi connectivity index (χ1n) is 9.76. The van der Waals surface area contributed by atoms with Gasteiger partial charge in [0.05, 0.1) is 24.4 Å². The van der Waals surface area contributed by atoms with Gasteiger partial charge in [0, 0.05) is 19.6 Å². The fraction of sp³-hybridized carbons (Fsp3) is 0.571. The number of para-hydroxylation sites is 1. The first kappa shape index (κ1) is 21.7. The van der Waals surface area contributed by atoms with Crippen molar-refractivity contribution >= 4 is 17.8 Å². The van der Waals surface area contributed by atoms with E-state index in [1.807, 2.05) is 30.3 Å². The number of carboxylic acid groups (broad SMARTS) is 1. The van der Waals surface area contributed by atoms with Gasteiger partial charge in [-0.1, -0.05) is 18.2 Å². The summed E-state index contributed by atoms with van der Waals surface area (Å²) in [5.41, 5.74) is -0.874. The molecule has 7 nitrogen and oxygen atoms in total. The number of ether oxygens (including phenoxy) is 1. The normalized spacial score (nSPS) is 17.1. The van der Waals surface area contributed by atoms with Gasteiger partial charge in [-0.05, 0) is 45.2 Å². The molecule has 1 aliphatic heterocycles. The topological polar surface area (TPSA) is 95.9 Å². The minimum atomic E-state index is -0.881. The molecule has 154 valence electrons. The van der Waals surface area contributed by atoms with Gasteiger partial charge in [-0.25, -0.2) is 0 Å². The lowest BCUT2D eigenvalue weighted by molar-refractivity contribution is -0.147. The SMILES string of the molecule is CC(C)(CCNC(=O)C1CCCN(C(=O)CCOc2ccccc2)C1)C(=O)O. The number of benzene rings is 1. The van der Waals surface area contributed by atoms with Crippen molar-refractivity contribution in [1.82, 2.24) is 10.2 Å². The second-order valence-electron chi connectivity index (χ2n) is 7.82. The highest BCUT2D eigenvalue weighted by molar-refractivity contribution is 5.81. The van der Waals surface area contributed by atoms with Crippen molar-refractivity contribution in [2.24, 2.45) is 11.3 Å². The molecule has 0 bridgehead atoms. The first-order valence-corrected chi connectivity index (χ1v) is 9.76. The lowest BCUT2D eigenvalue weighted by Crippen LogP contribution is -2.46. The fourth-order valence-electron chi connectivity index (χ4n) is 3.10. The third-order valence-corrected chi connectivity index (χ3v) is 5.10. The molecule has 0 aliphatic carbocycles. The van der Waals surface area contributed by atoms with Crippen LogP contribution in [0.3, 0.4) is 0 Å². The summed E-state index contributed by atoms with van der Waals surface area (Å²) in [7, 11) is 0. The molecule has 1 aromatic carbocycles. The second kappa shape index (κ2) is 10.1. The van der Waals surface area contributed by atoms with Gasteiger partial charge in [0.2, 0.25) is 11.8 Å². The molecule has 2 N–H and O–H groups in total. The fourth-order valence-corrected chi connectivity index (χ4v) is 3.10. The lowest BCUT2D eigenvalue weighted by Gasteiger charge is -2.32. The van der Waals surface area contributed by atoms with Crippen LogP contribution in [0.4, 0.5) is 0 Å². The number of likely N-dealkylation sites (tertiary alicyclic amines) is 1. The molecule has 1 fully saturated rings. The number of amides is 2. The smallest absolute Gasteiger partial charge is 0.309 e. The van der Waals surface area contributed by atoms with Gasteiger partial charge in [-0.2, -0.15) is 0 Å². The van der Waals surface area contributed by atoms with Crippen LogP contribution in [0.2, 0.25) is 0 Å². The molecule has 1 unspecified atom stereocenters. The van der Waals surface area contributed by atoms with Crippen LogP contribution in [0.25, 0.3) is 0 Å². The lowest BCUT2D eigenvalue weighted by atomic mass is 9.89. The summed E-state index contributed by atoms with van der Waals surface area (Å²) < 4.78 is 5.57. The van der Waals surface area contributed by atoms with Crippen LogP contribution in [-0.4, -0.2) is 54.0 Å². The zero-order valence-corrected chi connectivity index (χ0v) is 16.6. The third-order valence-electron chi connectivity index (χ3n) is 5.10.